The van der Waals surface area contributed by atoms with Gasteiger partial charge in [0, 0.05) is 12.6 Å². The molecule has 1 fully saturated rings. The van der Waals surface area contributed by atoms with Crippen molar-refractivity contribution in [3.8, 4) is 0 Å². The number of hydrogen-bond donors (Lipinski definition) is 1. The van der Waals surface area contributed by atoms with Gasteiger partial charge in [-0.05, 0) is 51.5 Å². The Bertz CT molecular complexity index is 166. The Morgan fingerprint density at radius 2 is 2.19 bits per heavy atom. The predicted octanol–water partition coefficient (Wildman–Crippen LogP) is 3.36. The number of hydrogen-bond acceptors (Lipinski definition) is 2. The van der Waals surface area contributed by atoms with Crippen molar-refractivity contribution in [3.63, 3.8) is 0 Å². The average Bonchev–Trinajstić information content (AvgIpc) is 2.78. The summed E-state index contributed by atoms with van der Waals surface area (Å²) in [5.74, 6) is 0.785. The molecule has 2 nitrogen and oxygen atoms in total. The summed E-state index contributed by atoms with van der Waals surface area (Å²) in [7, 11) is 0. The standard InChI is InChI=1S/C14H29NO/c1-4-10-15-13(3)12(2)7-5-8-14-9-6-11-16-14/h12-15H,4-11H2,1-3H3. The second-order valence-corrected chi connectivity index (χ2v) is 5.29. The maximum Gasteiger partial charge on any atom is 0.0576 e. The van der Waals surface area contributed by atoms with Crippen molar-refractivity contribution in [2.75, 3.05) is 13.2 Å². The zero-order chi connectivity index (χ0) is 11.8. The zero-order valence-electron chi connectivity index (χ0n) is 11.3. The van der Waals surface area contributed by atoms with Crippen LogP contribution in [0.4, 0.5) is 0 Å². The van der Waals surface area contributed by atoms with Crippen molar-refractivity contribution in [1.82, 2.24) is 5.32 Å². The summed E-state index contributed by atoms with van der Waals surface area (Å²) in [5.41, 5.74) is 0. The van der Waals surface area contributed by atoms with E-state index in [0.29, 0.717) is 12.1 Å². The van der Waals surface area contributed by atoms with Crippen molar-refractivity contribution in [3.05, 3.63) is 0 Å². The SMILES string of the molecule is CCCNC(C)C(C)CCCC1CCCO1. The van der Waals surface area contributed by atoms with E-state index < -0.39 is 0 Å². The fourth-order valence-corrected chi connectivity index (χ4v) is 2.36. The zero-order valence-corrected chi connectivity index (χ0v) is 11.3. The van der Waals surface area contributed by atoms with E-state index in [1.54, 1.807) is 0 Å². The van der Waals surface area contributed by atoms with E-state index in [-0.39, 0.29) is 0 Å². The summed E-state index contributed by atoms with van der Waals surface area (Å²) in [6, 6.07) is 0.657. The molecule has 1 aliphatic rings. The Kier molecular flexibility index (Phi) is 7.06. The van der Waals surface area contributed by atoms with Crippen LogP contribution in [0.1, 0.15) is 59.3 Å². The molecule has 0 aromatic heterocycles. The number of nitrogens with one attached hydrogen (secondary N) is 1. The molecule has 3 atom stereocenters. The second-order valence-electron chi connectivity index (χ2n) is 5.29. The van der Waals surface area contributed by atoms with Crippen LogP contribution >= 0.6 is 0 Å². The van der Waals surface area contributed by atoms with Crippen molar-refractivity contribution in [2.45, 2.75) is 71.4 Å². The molecule has 0 saturated carbocycles. The third-order valence-corrected chi connectivity index (χ3v) is 3.78. The van der Waals surface area contributed by atoms with E-state index in [1.165, 1.54) is 38.5 Å². The van der Waals surface area contributed by atoms with Gasteiger partial charge in [0.05, 0.1) is 6.10 Å². The molecule has 0 aromatic carbocycles. The van der Waals surface area contributed by atoms with Gasteiger partial charge < -0.3 is 10.1 Å². The van der Waals surface area contributed by atoms with Gasteiger partial charge in [0.15, 0.2) is 0 Å². The minimum absolute atomic E-state index is 0.575. The number of ether oxygens (including phenoxy) is 1. The van der Waals surface area contributed by atoms with Crippen LogP contribution in [-0.2, 0) is 4.74 Å². The fraction of sp³-hybridized carbons (Fsp3) is 1.00. The minimum Gasteiger partial charge on any atom is -0.378 e. The lowest BCUT2D eigenvalue weighted by atomic mass is 9.95. The van der Waals surface area contributed by atoms with Gasteiger partial charge in [0.25, 0.3) is 0 Å². The van der Waals surface area contributed by atoms with Crippen molar-refractivity contribution < 1.29 is 4.74 Å². The van der Waals surface area contributed by atoms with Gasteiger partial charge in [-0.25, -0.2) is 0 Å². The highest BCUT2D eigenvalue weighted by Gasteiger charge is 2.16. The molecule has 1 saturated heterocycles. The van der Waals surface area contributed by atoms with Crippen molar-refractivity contribution >= 4 is 0 Å². The Labute approximate surface area is 101 Å². The minimum atomic E-state index is 0.575. The van der Waals surface area contributed by atoms with E-state index >= 15 is 0 Å². The third kappa shape index (κ3) is 5.31. The quantitative estimate of drug-likeness (QED) is 0.686. The summed E-state index contributed by atoms with van der Waals surface area (Å²) in [6.07, 6.45) is 8.29. The Morgan fingerprint density at radius 1 is 1.38 bits per heavy atom. The average molecular weight is 227 g/mol. The maximum atomic E-state index is 5.64. The second kappa shape index (κ2) is 8.08. The largest absolute Gasteiger partial charge is 0.378 e. The van der Waals surface area contributed by atoms with Crippen LogP contribution in [0.25, 0.3) is 0 Å². The molecule has 0 spiro atoms. The molecule has 1 N–H and O–H groups in total. The highest BCUT2D eigenvalue weighted by molar-refractivity contribution is 4.70. The first-order chi connectivity index (χ1) is 7.74. The lowest BCUT2D eigenvalue weighted by molar-refractivity contribution is 0.100. The summed E-state index contributed by atoms with van der Waals surface area (Å²) >= 11 is 0. The topological polar surface area (TPSA) is 21.3 Å². The molecule has 2 heteroatoms. The van der Waals surface area contributed by atoms with Crippen molar-refractivity contribution in [2.24, 2.45) is 5.92 Å². The molecular weight excluding hydrogens is 198 g/mol. The maximum absolute atomic E-state index is 5.64. The van der Waals surface area contributed by atoms with Crippen LogP contribution < -0.4 is 5.32 Å². The smallest absolute Gasteiger partial charge is 0.0576 e. The number of rotatable bonds is 8. The Hall–Kier alpha value is -0.0800. The lowest BCUT2D eigenvalue weighted by Gasteiger charge is -2.21. The molecule has 0 aromatic rings. The highest BCUT2D eigenvalue weighted by Crippen LogP contribution is 2.20. The fourth-order valence-electron chi connectivity index (χ4n) is 2.36. The first-order valence-electron chi connectivity index (χ1n) is 7.09. The first-order valence-corrected chi connectivity index (χ1v) is 7.09. The van der Waals surface area contributed by atoms with Gasteiger partial charge in [0.2, 0.25) is 0 Å². The molecule has 3 unspecified atom stereocenters. The molecule has 96 valence electrons. The van der Waals surface area contributed by atoms with E-state index in [2.05, 4.69) is 26.1 Å². The summed E-state index contributed by atoms with van der Waals surface area (Å²) < 4.78 is 5.64. The van der Waals surface area contributed by atoms with E-state index in [4.69, 9.17) is 4.74 Å². The normalized spacial score (nSPS) is 24.6. The van der Waals surface area contributed by atoms with E-state index in [0.717, 1.165) is 19.1 Å². The molecule has 0 bridgehead atoms. The monoisotopic (exact) mass is 227 g/mol. The van der Waals surface area contributed by atoms with Gasteiger partial charge in [0.1, 0.15) is 0 Å². The van der Waals surface area contributed by atoms with Gasteiger partial charge >= 0.3 is 0 Å². The summed E-state index contributed by atoms with van der Waals surface area (Å²) in [4.78, 5) is 0. The van der Waals surface area contributed by atoms with Crippen LogP contribution in [0.3, 0.4) is 0 Å². The molecule has 0 amide bonds. The van der Waals surface area contributed by atoms with Crippen LogP contribution in [0.15, 0.2) is 0 Å². The molecule has 16 heavy (non-hydrogen) atoms. The van der Waals surface area contributed by atoms with Crippen LogP contribution in [-0.4, -0.2) is 25.3 Å². The Balaban J connectivity index is 2.01. The first kappa shape index (κ1) is 14.0. The van der Waals surface area contributed by atoms with Crippen molar-refractivity contribution in [1.29, 1.82) is 0 Å². The van der Waals surface area contributed by atoms with E-state index in [9.17, 15) is 0 Å². The molecule has 1 rings (SSSR count). The van der Waals surface area contributed by atoms with E-state index in [1.807, 2.05) is 0 Å². The molecule has 0 radical (unpaired) electrons. The molecule has 1 aliphatic heterocycles. The van der Waals surface area contributed by atoms with Crippen LogP contribution in [0.2, 0.25) is 0 Å². The van der Waals surface area contributed by atoms with Gasteiger partial charge in [-0.1, -0.05) is 20.3 Å². The van der Waals surface area contributed by atoms with Gasteiger partial charge in [-0.3, -0.25) is 0 Å². The van der Waals surface area contributed by atoms with Crippen LogP contribution in [0.5, 0.6) is 0 Å². The lowest BCUT2D eigenvalue weighted by Crippen LogP contribution is -2.32. The summed E-state index contributed by atoms with van der Waals surface area (Å²) in [6.45, 7) is 9.04. The predicted molar refractivity (Wildman–Crippen MR) is 69.7 cm³/mol. The third-order valence-electron chi connectivity index (χ3n) is 3.78. The molecular formula is C14H29NO. The van der Waals surface area contributed by atoms with Crippen LogP contribution in [0, 0.1) is 5.92 Å². The molecule has 0 aliphatic carbocycles. The molecule has 1 heterocycles. The highest BCUT2D eigenvalue weighted by atomic mass is 16.5. The van der Waals surface area contributed by atoms with Gasteiger partial charge in [-0.15, -0.1) is 0 Å². The van der Waals surface area contributed by atoms with Gasteiger partial charge in [-0.2, -0.15) is 0 Å². The summed E-state index contributed by atoms with van der Waals surface area (Å²) in [5, 5.41) is 3.58. The Morgan fingerprint density at radius 3 is 2.81 bits per heavy atom.